The lowest BCUT2D eigenvalue weighted by Crippen LogP contribution is -2.49. The van der Waals surface area contributed by atoms with Gasteiger partial charge in [-0.3, -0.25) is 4.79 Å². The van der Waals surface area contributed by atoms with Crippen molar-refractivity contribution in [3.8, 4) is 5.75 Å². The van der Waals surface area contributed by atoms with E-state index in [0.29, 0.717) is 33.2 Å². The molecule has 0 bridgehead atoms. The first-order valence-corrected chi connectivity index (χ1v) is 9.20. The second-order valence-electron chi connectivity index (χ2n) is 7.91. The number of fused-ring (bicyclic) bond motifs is 5. The molecule has 0 amide bonds. The number of aliphatic hydroxyl groups is 2. The standard InChI is InChI=1S/C22H20N2O4/c1-22(2)20(27)19(26)16-15(28-22)9-8-12-17(16)24(3)21-13(18(12)25)10-11-6-4-5-7-14(11)23-21/h4-10,19-20,26-27H,1-3H3. The summed E-state index contributed by atoms with van der Waals surface area (Å²) in [4.78, 5) is 17.9. The number of hydrogen-bond donors (Lipinski definition) is 2. The average molecular weight is 376 g/mol. The van der Waals surface area contributed by atoms with Gasteiger partial charge in [0.2, 0.25) is 0 Å². The Morgan fingerprint density at radius 1 is 1.11 bits per heavy atom. The van der Waals surface area contributed by atoms with Gasteiger partial charge in [-0.05, 0) is 38.1 Å². The van der Waals surface area contributed by atoms with Gasteiger partial charge in [0.05, 0.1) is 16.4 Å². The van der Waals surface area contributed by atoms with Crippen LogP contribution in [-0.2, 0) is 7.05 Å². The molecule has 142 valence electrons. The number of hydrogen-bond acceptors (Lipinski definition) is 5. The van der Waals surface area contributed by atoms with Gasteiger partial charge in [0, 0.05) is 23.4 Å². The fourth-order valence-electron chi connectivity index (χ4n) is 4.17. The van der Waals surface area contributed by atoms with E-state index >= 15 is 0 Å². The largest absolute Gasteiger partial charge is 0.485 e. The molecule has 0 aliphatic carbocycles. The zero-order chi connectivity index (χ0) is 19.8. The third-order valence-corrected chi connectivity index (χ3v) is 5.70. The number of aryl methyl sites for hydroxylation is 1. The number of aromatic nitrogens is 2. The summed E-state index contributed by atoms with van der Waals surface area (Å²) in [6.45, 7) is 3.45. The molecule has 28 heavy (non-hydrogen) atoms. The van der Waals surface area contributed by atoms with Crippen LogP contribution in [0.5, 0.6) is 5.75 Å². The highest BCUT2D eigenvalue weighted by Gasteiger charge is 2.43. The first-order valence-electron chi connectivity index (χ1n) is 9.20. The van der Waals surface area contributed by atoms with Crippen molar-refractivity contribution < 1.29 is 14.9 Å². The van der Waals surface area contributed by atoms with E-state index in [9.17, 15) is 15.0 Å². The van der Waals surface area contributed by atoms with Crippen molar-refractivity contribution in [1.29, 1.82) is 0 Å². The summed E-state index contributed by atoms with van der Waals surface area (Å²) in [5.74, 6) is 0.463. The first kappa shape index (κ1) is 17.2. The minimum atomic E-state index is -1.18. The van der Waals surface area contributed by atoms with Crippen LogP contribution in [0, 0.1) is 0 Å². The van der Waals surface area contributed by atoms with Gasteiger partial charge >= 0.3 is 0 Å². The van der Waals surface area contributed by atoms with Crippen molar-refractivity contribution >= 4 is 32.8 Å². The van der Waals surface area contributed by atoms with E-state index in [2.05, 4.69) is 4.98 Å². The fraction of sp³-hybridized carbons (Fsp3) is 0.273. The lowest BCUT2D eigenvalue weighted by Gasteiger charge is -2.40. The Morgan fingerprint density at radius 2 is 1.86 bits per heavy atom. The van der Waals surface area contributed by atoms with Crippen LogP contribution in [0.2, 0.25) is 0 Å². The van der Waals surface area contributed by atoms with Gasteiger partial charge in [0.25, 0.3) is 0 Å². The predicted molar refractivity (Wildman–Crippen MR) is 108 cm³/mol. The maximum Gasteiger partial charge on any atom is 0.198 e. The monoisotopic (exact) mass is 376 g/mol. The number of para-hydroxylation sites is 1. The van der Waals surface area contributed by atoms with Gasteiger partial charge in [-0.2, -0.15) is 0 Å². The Bertz CT molecular complexity index is 1340. The molecule has 6 heteroatoms. The predicted octanol–water partition coefficient (Wildman–Crippen LogP) is 2.81. The summed E-state index contributed by atoms with van der Waals surface area (Å²) in [5, 5.41) is 23.3. The number of rotatable bonds is 0. The molecule has 5 rings (SSSR count). The minimum Gasteiger partial charge on any atom is -0.485 e. The van der Waals surface area contributed by atoms with Crippen LogP contribution in [0.4, 0.5) is 0 Å². The van der Waals surface area contributed by atoms with E-state index in [0.717, 1.165) is 10.9 Å². The van der Waals surface area contributed by atoms with Crippen molar-refractivity contribution in [2.75, 3.05) is 0 Å². The molecule has 2 aromatic heterocycles. The van der Waals surface area contributed by atoms with Gasteiger partial charge in [0.1, 0.15) is 29.2 Å². The molecule has 3 heterocycles. The fourth-order valence-corrected chi connectivity index (χ4v) is 4.17. The molecule has 2 atom stereocenters. The van der Waals surface area contributed by atoms with Crippen LogP contribution in [0.15, 0.2) is 47.3 Å². The molecule has 0 radical (unpaired) electrons. The summed E-state index contributed by atoms with van der Waals surface area (Å²) in [7, 11) is 1.81. The highest BCUT2D eigenvalue weighted by Crippen LogP contribution is 2.43. The van der Waals surface area contributed by atoms with Crippen molar-refractivity contribution in [3.05, 3.63) is 58.3 Å². The van der Waals surface area contributed by atoms with E-state index in [1.165, 1.54) is 0 Å². The lowest BCUT2D eigenvalue weighted by atomic mass is 9.87. The number of nitrogens with zero attached hydrogens (tertiary/aromatic N) is 2. The molecular formula is C22H20N2O4. The second-order valence-corrected chi connectivity index (χ2v) is 7.91. The van der Waals surface area contributed by atoms with Crippen molar-refractivity contribution in [1.82, 2.24) is 9.55 Å². The van der Waals surface area contributed by atoms with Crippen LogP contribution in [0.1, 0.15) is 25.5 Å². The highest BCUT2D eigenvalue weighted by atomic mass is 16.5. The van der Waals surface area contributed by atoms with E-state index in [1.54, 1.807) is 30.5 Å². The van der Waals surface area contributed by atoms with Gasteiger partial charge < -0.3 is 19.5 Å². The smallest absolute Gasteiger partial charge is 0.198 e. The number of aliphatic hydroxyl groups excluding tert-OH is 2. The molecule has 1 aliphatic heterocycles. The molecule has 0 spiro atoms. The lowest BCUT2D eigenvalue weighted by molar-refractivity contribution is -0.111. The van der Waals surface area contributed by atoms with E-state index in [-0.39, 0.29) is 5.43 Å². The molecule has 4 aromatic rings. The summed E-state index contributed by atoms with van der Waals surface area (Å²) < 4.78 is 7.74. The zero-order valence-electron chi connectivity index (χ0n) is 15.8. The van der Waals surface area contributed by atoms with Crippen molar-refractivity contribution in [2.24, 2.45) is 7.05 Å². The minimum absolute atomic E-state index is 0.157. The van der Waals surface area contributed by atoms with Gasteiger partial charge in [-0.1, -0.05) is 18.2 Å². The molecular weight excluding hydrogens is 356 g/mol. The van der Waals surface area contributed by atoms with E-state index in [4.69, 9.17) is 4.74 Å². The highest BCUT2D eigenvalue weighted by molar-refractivity contribution is 5.99. The van der Waals surface area contributed by atoms with Gasteiger partial charge in [0.15, 0.2) is 5.43 Å². The van der Waals surface area contributed by atoms with Gasteiger partial charge in [-0.15, -0.1) is 0 Å². The molecule has 2 unspecified atom stereocenters. The van der Waals surface area contributed by atoms with Crippen LogP contribution in [0.25, 0.3) is 32.8 Å². The Morgan fingerprint density at radius 3 is 2.64 bits per heavy atom. The molecule has 6 nitrogen and oxygen atoms in total. The maximum atomic E-state index is 13.2. The Balaban J connectivity index is 1.96. The summed E-state index contributed by atoms with van der Waals surface area (Å²) in [5.41, 5.74) is 1.16. The third-order valence-electron chi connectivity index (χ3n) is 5.70. The Kier molecular flexibility index (Phi) is 3.39. The molecule has 0 saturated heterocycles. The van der Waals surface area contributed by atoms with E-state index < -0.39 is 17.8 Å². The van der Waals surface area contributed by atoms with Crippen LogP contribution < -0.4 is 10.2 Å². The zero-order valence-corrected chi connectivity index (χ0v) is 15.8. The third kappa shape index (κ3) is 2.16. The summed E-state index contributed by atoms with van der Waals surface area (Å²) in [6, 6.07) is 12.9. The normalized spacial score (nSPS) is 21.0. The number of benzene rings is 2. The van der Waals surface area contributed by atoms with Crippen molar-refractivity contribution in [2.45, 2.75) is 31.7 Å². The summed E-state index contributed by atoms with van der Waals surface area (Å²) >= 11 is 0. The quantitative estimate of drug-likeness (QED) is 0.461. The van der Waals surface area contributed by atoms with Gasteiger partial charge in [-0.25, -0.2) is 4.98 Å². The average Bonchev–Trinajstić information content (AvgIpc) is 2.68. The molecule has 0 saturated carbocycles. The number of pyridine rings is 2. The molecule has 2 aromatic carbocycles. The van der Waals surface area contributed by atoms with Crippen LogP contribution in [-0.4, -0.2) is 31.5 Å². The van der Waals surface area contributed by atoms with E-state index in [1.807, 2.05) is 37.4 Å². The Hall–Kier alpha value is -2.96. The molecule has 1 aliphatic rings. The Labute approximate surface area is 160 Å². The SMILES string of the molecule is Cn1c2nc3ccccc3cc2c(=O)c2ccc3c(c21)C(O)C(O)C(C)(C)O3. The number of ether oxygens (including phenoxy) is 1. The topological polar surface area (TPSA) is 84.6 Å². The van der Waals surface area contributed by atoms with Crippen LogP contribution in [0.3, 0.4) is 0 Å². The maximum absolute atomic E-state index is 13.2. The molecule has 2 N–H and O–H groups in total. The molecule has 0 fully saturated rings. The van der Waals surface area contributed by atoms with Crippen molar-refractivity contribution in [3.63, 3.8) is 0 Å². The first-order chi connectivity index (χ1) is 13.3. The summed E-state index contributed by atoms with van der Waals surface area (Å²) in [6.07, 6.45) is -2.30. The second kappa shape index (κ2) is 5.53. The van der Waals surface area contributed by atoms with Crippen LogP contribution >= 0.6 is 0 Å².